The lowest BCUT2D eigenvalue weighted by Crippen LogP contribution is -2.04. The molecule has 1 aromatic carbocycles. The molecule has 1 rings (SSSR count). The minimum Gasteiger partial charge on any atom is -0.397 e. The Bertz CT molecular complexity index is 291. The van der Waals surface area contributed by atoms with Crippen molar-refractivity contribution in [3.05, 3.63) is 22.7 Å². The van der Waals surface area contributed by atoms with Gasteiger partial charge in [0, 0.05) is 17.6 Å². The molecule has 0 radical (unpaired) electrons. The van der Waals surface area contributed by atoms with Crippen LogP contribution in [-0.4, -0.2) is 18.3 Å². The quantitative estimate of drug-likeness (QED) is 0.561. The molecule has 0 heterocycles. The van der Waals surface area contributed by atoms with E-state index in [0.29, 0.717) is 0 Å². The summed E-state index contributed by atoms with van der Waals surface area (Å²) in [7, 11) is 0. The van der Waals surface area contributed by atoms with Crippen LogP contribution in [0.2, 0.25) is 0 Å². The first-order valence-electron chi connectivity index (χ1n) is 4.64. The van der Waals surface area contributed by atoms with E-state index >= 15 is 0 Å². The maximum Gasteiger partial charge on any atom is 0.0574 e. The fourth-order valence-corrected chi connectivity index (χ4v) is 1.53. The van der Waals surface area contributed by atoms with Crippen molar-refractivity contribution < 1.29 is 5.11 Å². The molecule has 4 N–H and O–H groups in total. The first-order chi connectivity index (χ1) is 6.74. The van der Waals surface area contributed by atoms with E-state index in [1.54, 1.807) is 0 Å². The van der Waals surface area contributed by atoms with Crippen molar-refractivity contribution in [2.24, 2.45) is 0 Å². The minimum absolute atomic E-state index is 0.248. The second kappa shape index (κ2) is 5.88. The van der Waals surface area contributed by atoms with Crippen LogP contribution in [-0.2, 0) is 0 Å². The molecule has 0 saturated carbocycles. The molecule has 0 aliphatic heterocycles. The molecule has 0 aliphatic carbocycles. The zero-order valence-electron chi connectivity index (χ0n) is 7.96. The van der Waals surface area contributed by atoms with Crippen LogP contribution in [0.4, 0.5) is 11.4 Å². The zero-order chi connectivity index (χ0) is 10.4. The highest BCUT2D eigenvalue weighted by atomic mass is 79.9. The third kappa shape index (κ3) is 3.55. The van der Waals surface area contributed by atoms with Gasteiger partial charge in [0.2, 0.25) is 0 Å². The van der Waals surface area contributed by atoms with Gasteiger partial charge in [0.05, 0.1) is 11.4 Å². The average Bonchev–Trinajstić information content (AvgIpc) is 2.15. The van der Waals surface area contributed by atoms with Crippen molar-refractivity contribution in [1.29, 1.82) is 0 Å². The van der Waals surface area contributed by atoms with Gasteiger partial charge in [0.15, 0.2) is 0 Å². The third-order valence-electron chi connectivity index (χ3n) is 1.91. The van der Waals surface area contributed by atoms with Crippen LogP contribution < -0.4 is 11.1 Å². The van der Waals surface area contributed by atoms with E-state index in [9.17, 15) is 0 Å². The van der Waals surface area contributed by atoms with Crippen LogP contribution >= 0.6 is 15.9 Å². The summed E-state index contributed by atoms with van der Waals surface area (Å²) in [5.41, 5.74) is 7.48. The van der Waals surface area contributed by atoms with E-state index in [-0.39, 0.29) is 6.61 Å². The Hall–Kier alpha value is -0.740. The maximum atomic E-state index is 8.60. The summed E-state index contributed by atoms with van der Waals surface area (Å²) in [6, 6.07) is 5.76. The largest absolute Gasteiger partial charge is 0.397 e. The fraction of sp³-hybridized carbons (Fsp3) is 0.400. The number of hydrogen-bond acceptors (Lipinski definition) is 3. The van der Waals surface area contributed by atoms with Gasteiger partial charge < -0.3 is 16.2 Å². The zero-order valence-corrected chi connectivity index (χ0v) is 9.55. The number of nitrogens with two attached hydrogens (primary N) is 1. The number of nitrogens with one attached hydrogen (secondary N) is 1. The molecule has 0 unspecified atom stereocenters. The van der Waals surface area contributed by atoms with Gasteiger partial charge in [-0.15, -0.1) is 0 Å². The molecule has 1 aromatic rings. The molecule has 3 nitrogen and oxygen atoms in total. The highest BCUT2D eigenvalue weighted by molar-refractivity contribution is 9.10. The molecule has 0 atom stereocenters. The Morgan fingerprint density at radius 2 is 2.14 bits per heavy atom. The molecule has 78 valence electrons. The van der Waals surface area contributed by atoms with Crippen LogP contribution in [0.15, 0.2) is 22.7 Å². The third-order valence-corrected chi connectivity index (χ3v) is 2.41. The SMILES string of the molecule is Nc1cc(Br)ccc1NCCCCO. The molecule has 0 amide bonds. The second-order valence-electron chi connectivity index (χ2n) is 3.09. The van der Waals surface area contributed by atoms with Crippen LogP contribution in [0, 0.1) is 0 Å². The summed E-state index contributed by atoms with van der Waals surface area (Å²) in [4.78, 5) is 0. The van der Waals surface area contributed by atoms with Crippen LogP contribution in [0.3, 0.4) is 0 Å². The highest BCUT2D eigenvalue weighted by Crippen LogP contribution is 2.22. The average molecular weight is 259 g/mol. The summed E-state index contributed by atoms with van der Waals surface area (Å²) < 4.78 is 0.982. The van der Waals surface area contributed by atoms with Crippen LogP contribution in [0.1, 0.15) is 12.8 Å². The van der Waals surface area contributed by atoms with Crippen molar-refractivity contribution in [3.8, 4) is 0 Å². The molecular formula is C10H15BrN2O. The predicted molar refractivity (Wildman–Crippen MR) is 63.4 cm³/mol. The first kappa shape index (κ1) is 11.3. The number of halogens is 1. The number of anilines is 2. The van der Waals surface area contributed by atoms with Crippen molar-refractivity contribution in [1.82, 2.24) is 0 Å². The monoisotopic (exact) mass is 258 g/mol. The lowest BCUT2D eigenvalue weighted by Gasteiger charge is -2.08. The summed E-state index contributed by atoms with van der Waals surface area (Å²) in [6.07, 6.45) is 1.77. The van der Waals surface area contributed by atoms with Gasteiger partial charge in [-0.05, 0) is 31.0 Å². The molecule has 4 heteroatoms. The molecule has 0 spiro atoms. The Morgan fingerprint density at radius 3 is 2.79 bits per heavy atom. The number of benzene rings is 1. The highest BCUT2D eigenvalue weighted by Gasteiger charge is 1.98. The molecule has 0 bridgehead atoms. The van der Waals surface area contributed by atoms with Gasteiger partial charge >= 0.3 is 0 Å². The maximum absolute atomic E-state index is 8.60. The number of aliphatic hydroxyl groups excluding tert-OH is 1. The number of aliphatic hydroxyl groups is 1. The Morgan fingerprint density at radius 1 is 1.36 bits per heavy atom. The van der Waals surface area contributed by atoms with E-state index < -0.39 is 0 Å². The Balaban J connectivity index is 2.42. The first-order valence-corrected chi connectivity index (χ1v) is 5.43. The molecule has 0 fully saturated rings. The number of hydrogen-bond donors (Lipinski definition) is 3. The normalized spacial score (nSPS) is 10.1. The molecule has 0 saturated heterocycles. The van der Waals surface area contributed by atoms with Crippen LogP contribution in [0.25, 0.3) is 0 Å². The summed E-state index contributed by atoms with van der Waals surface area (Å²) in [5, 5.41) is 11.8. The summed E-state index contributed by atoms with van der Waals surface area (Å²) in [5.74, 6) is 0. The van der Waals surface area contributed by atoms with E-state index in [1.807, 2.05) is 18.2 Å². The standard InChI is InChI=1S/C10H15BrN2O/c11-8-3-4-10(9(12)7-8)13-5-1-2-6-14/h3-4,7,13-14H,1-2,5-6,12H2. The number of unbranched alkanes of at least 4 members (excludes halogenated alkanes) is 1. The minimum atomic E-state index is 0.248. The fourth-order valence-electron chi connectivity index (χ4n) is 1.15. The van der Waals surface area contributed by atoms with E-state index in [4.69, 9.17) is 10.8 Å². The summed E-state index contributed by atoms with van der Waals surface area (Å²) in [6.45, 7) is 1.09. The Labute approximate surface area is 92.4 Å². The molecular weight excluding hydrogens is 244 g/mol. The van der Waals surface area contributed by atoms with Gasteiger partial charge in [-0.25, -0.2) is 0 Å². The topological polar surface area (TPSA) is 58.3 Å². The van der Waals surface area contributed by atoms with Crippen molar-refractivity contribution in [3.63, 3.8) is 0 Å². The van der Waals surface area contributed by atoms with Gasteiger partial charge in [-0.3, -0.25) is 0 Å². The van der Waals surface area contributed by atoms with Crippen molar-refractivity contribution in [2.45, 2.75) is 12.8 Å². The van der Waals surface area contributed by atoms with Gasteiger partial charge in [0.1, 0.15) is 0 Å². The molecule has 0 aromatic heterocycles. The van der Waals surface area contributed by atoms with Crippen molar-refractivity contribution in [2.75, 3.05) is 24.2 Å². The van der Waals surface area contributed by atoms with E-state index in [0.717, 1.165) is 35.2 Å². The Kier molecular flexibility index (Phi) is 4.76. The smallest absolute Gasteiger partial charge is 0.0574 e. The predicted octanol–water partition coefficient (Wildman–Crippen LogP) is 2.22. The van der Waals surface area contributed by atoms with Crippen LogP contribution in [0.5, 0.6) is 0 Å². The molecule has 0 aliphatic rings. The van der Waals surface area contributed by atoms with Crippen molar-refractivity contribution >= 4 is 27.3 Å². The summed E-state index contributed by atoms with van der Waals surface area (Å²) >= 11 is 3.35. The van der Waals surface area contributed by atoms with E-state index in [1.165, 1.54) is 0 Å². The van der Waals surface area contributed by atoms with Gasteiger partial charge in [-0.1, -0.05) is 15.9 Å². The molecule has 14 heavy (non-hydrogen) atoms. The lowest BCUT2D eigenvalue weighted by molar-refractivity contribution is 0.286. The van der Waals surface area contributed by atoms with Gasteiger partial charge in [-0.2, -0.15) is 0 Å². The lowest BCUT2D eigenvalue weighted by atomic mass is 10.2. The number of rotatable bonds is 5. The van der Waals surface area contributed by atoms with E-state index in [2.05, 4.69) is 21.2 Å². The van der Waals surface area contributed by atoms with Gasteiger partial charge in [0.25, 0.3) is 0 Å². The number of nitrogen functional groups attached to an aromatic ring is 1. The second-order valence-corrected chi connectivity index (χ2v) is 4.00.